The van der Waals surface area contributed by atoms with Gasteiger partial charge in [-0.25, -0.2) is 4.39 Å². The summed E-state index contributed by atoms with van der Waals surface area (Å²) >= 11 is 3.46. The minimum Gasteiger partial charge on any atom is -0.310 e. The highest BCUT2D eigenvalue weighted by atomic mass is 79.9. The van der Waals surface area contributed by atoms with Gasteiger partial charge in [-0.05, 0) is 55.4 Å². The Morgan fingerprint density at radius 2 is 2.00 bits per heavy atom. The van der Waals surface area contributed by atoms with Gasteiger partial charge in [0.2, 0.25) is 0 Å². The molecule has 1 N–H and O–H groups in total. The summed E-state index contributed by atoms with van der Waals surface area (Å²) in [4.78, 5) is 0. The van der Waals surface area contributed by atoms with Crippen LogP contribution < -0.4 is 5.32 Å². The van der Waals surface area contributed by atoms with Gasteiger partial charge >= 0.3 is 0 Å². The van der Waals surface area contributed by atoms with Gasteiger partial charge in [0.15, 0.2) is 0 Å². The predicted molar refractivity (Wildman–Crippen MR) is 72.4 cm³/mol. The van der Waals surface area contributed by atoms with Crippen molar-refractivity contribution >= 4 is 15.9 Å². The molecule has 0 atom stereocenters. The van der Waals surface area contributed by atoms with E-state index in [4.69, 9.17) is 0 Å². The molecular weight excluding hydrogens is 281 g/mol. The van der Waals surface area contributed by atoms with E-state index in [1.807, 2.05) is 0 Å². The zero-order valence-electron chi connectivity index (χ0n) is 10.2. The molecule has 2 rings (SSSR count). The largest absolute Gasteiger partial charge is 0.310 e. The Hall–Kier alpha value is -0.410. The first kappa shape index (κ1) is 13.0. The summed E-state index contributed by atoms with van der Waals surface area (Å²) in [5, 5.41) is 3.53. The number of halogens is 2. The van der Waals surface area contributed by atoms with E-state index >= 15 is 0 Å². The Kier molecular flexibility index (Phi) is 4.57. The zero-order valence-corrected chi connectivity index (χ0v) is 11.8. The van der Waals surface area contributed by atoms with E-state index in [0.29, 0.717) is 6.04 Å². The van der Waals surface area contributed by atoms with Crippen molar-refractivity contribution in [3.05, 3.63) is 34.1 Å². The van der Waals surface area contributed by atoms with Crippen LogP contribution in [0.15, 0.2) is 22.7 Å². The van der Waals surface area contributed by atoms with Gasteiger partial charge in [-0.2, -0.15) is 0 Å². The molecule has 3 heteroatoms. The van der Waals surface area contributed by atoms with Crippen LogP contribution in [0.4, 0.5) is 4.39 Å². The maximum atomic E-state index is 13.1. The van der Waals surface area contributed by atoms with E-state index in [2.05, 4.69) is 28.2 Å². The molecule has 1 aliphatic rings. The third kappa shape index (κ3) is 3.78. The summed E-state index contributed by atoms with van der Waals surface area (Å²) in [5.74, 6) is 0.705. The normalized spacial score (nSPS) is 24.9. The first-order valence-electron chi connectivity index (χ1n) is 6.32. The molecule has 1 aliphatic carbocycles. The van der Waals surface area contributed by atoms with Crippen LogP contribution in [0, 0.1) is 11.7 Å². The summed E-state index contributed by atoms with van der Waals surface area (Å²) in [6.45, 7) is 3.07. The van der Waals surface area contributed by atoms with Crippen LogP contribution in [0.2, 0.25) is 0 Å². The number of hydrogen-bond acceptors (Lipinski definition) is 1. The van der Waals surface area contributed by atoms with Crippen LogP contribution in [0.25, 0.3) is 0 Å². The Bertz CT molecular complexity index is 372. The van der Waals surface area contributed by atoms with E-state index in [9.17, 15) is 4.39 Å². The second-order valence-corrected chi connectivity index (χ2v) is 5.93. The van der Waals surface area contributed by atoms with Crippen LogP contribution in [0.5, 0.6) is 0 Å². The highest BCUT2D eigenvalue weighted by Gasteiger charge is 2.17. The van der Waals surface area contributed by atoms with Gasteiger partial charge in [-0.1, -0.05) is 22.9 Å². The van der Waals surface area contributed by atoms with E-state index in [-0.39, 0.29) is 5.82 Å². The first-order chi connectivity index (χ1) is 8.15. The van der Waals surface area contributed by atoms with Crippen LogP contribution in [0.1, 0.15) is 38.2 Å². The second-order valence-electron chi connectivity index (χ2n) is 5.07. The molecule has 1 nitrogen and oxygen atoms in total. The van der Waals surface area contributed by atoms with Gasteiger partial charge < -0.3 is 5.32 Å². The van der Waals surface area contributed by atoms with Crippen molar-refractivity contribution in [3.63, 3.8) is 0 Å². The lowest BCUT2D eigenvalue weighted by molar-refractivity contribution is 0.306. The van der Waals surface area contributed by atoms with Crippen molar-refractivity contribution in [2.45, 2.75) is 45.2 Å². The SMILES string of the molecule is CC1CCC(NCc2cc(F)ccc2Br)CC1. The molecule has 1 saturated carbocycles. The summed E-state index contributed by atoms with van der Waals surface area (Å²) in [7, 11) is 0. The lowest BCUT2D eigenvalue weighted by Crippen LogP contribution is -2.32. The van der Waals surface area contributed by atoms with Crippen molar-refractivity contribution in [1.82, 2.24) is 5.32 Å². The maximum Gasteiger partial charge on any atom is 0.123 e. The fourth-order valence-corrected chi connectivity index (χ4v) is 2.78. The van der Waals surface area contributed by atoms with Gasteiger partial charge in [0.05, 0.1) is 0 Å². The fraction of sp³-hybridized carbons (Fsp3) is 0.571. The number of rotatable bonds is 3. The zero-order chi connectivity index (χ0) is 12.3. The Morgan fingerprint density at radius 3 is 2.71 bits per heavy atom. The number of hydrogen-bond donors (Lipinski definition) is 1. The van der Waals surface area contributed by atoms with Gasteiger partial charge in [-0.3, -0.25) is 0 Å². The number of benzene rings is 1. The molecular formula is C14H19BrFN. The third-order valence-corrected chi connectivity index (χ3v) is 4.38. The maximum absolute atomic E-state index is 13.1. The fourth-order valence-electron chi connectivity index (χ4n) is 2.40. The van der Waals surface area contributed by atoms with Gasteiger partial charge in [0, 0.05) is 17.1 Å². The molecule has 0 amide bonds. The first-order valence-corrected chi connectivity index (χ1v) is 7.12. The minimum atomic E-state index is -0.165. The van der Waals surface area contributed by atoms with Crippen LogP contribution in [-0.2, 0) is 6.54 Å². The summed E-state index contributed by atoms with van der Waals surface area (Å²) < 4.78 is 14.1. The van der Waals surface area contributed by atoms with Crippen molar-refractivity contribution in [1.29, 1.82) is 0 Å². The van der Waals surface area contributed by atoms with Crippen molar-refractivity contribution in [2.75, 3.05) is 0 Å². The quantitative estimate of drug-likeness (QED) is 0.879. The molecule has 0 aromatic heterocycles. The van der Waals surface area contributed by atoms with Crippen molar-refractivity contribution < 1.29 is 4.39 Å². The van der Waals surface area contributed by atoms with Crippen molar-refractivity contribution in [3.8, 4) is 0 Å². The average Bonchev–Trinajstić information content (AvgIpc) is 2.32. The van der Waals surface area contributed by atoms with E-state index in [0.717, 1.165) is 22.5 Å². The van der Waals surface area contributed by atoms with Gasteiger partial charge in [0.1, 0.15) is 5.82 Å². The van der Waals surface area contributed by atoms with E-state index < -0.39 is 0 Å². The topological polar surface area (TPSA) is 12.0 Å². The molecule has 94 valence electrons. The summed E-state index contributed by atoms with van der Waals surface area (Å²) in [6.07, 6.45) is 5.10. The van der Waals surface area contributed by atoms with E-state index in [1.54, 1.807) is 12.1 Å². The highest BCUT2D eigenvalue weighted by Crippen LogP contribution is 2.24. The molecule has 0 aliphatic heterocycles. The second kappa shape index (κ2) is 5.96. The molecule has 1 fully saturated rings. The molecule has 17 heavy (non-hydrogen) atoms. The van der Waals surface area contributed by atoms with Crippen LogP contribution in [0.3, 0.4) is 0 Å². The molecule has 1 aromatic carbocycles. The monoisotopic (exact) mass is 299 g/mol. The molecule has 0 saturated heterocycles. The van der Waals surface area contributed by atoms with E-state index in [1.165, 1.54) is 31.7 Å². The Labute approximate surface area is 111 Å². The molecule has 0 heterocycles. The standard InChI is InChI=1S/C14H19BrFN/c1-10-2-5-13(6-3-10)17-9-11-8-12(16)4-7-14(11)15/h4,7-8,10,13,17H,2-3,5-6,9H2,1H3. The molecule has 0 bridgehead atoms. The van der Waals surface area contributed by atoms with Gasteiger partial charge in [-0.15, -0.1) is 0 Å². The Morgan fingerprint density at radius 1 is 1.29 bits per heavy atom. The highest BCUT2D eigenvalue weighted by molar-refractivity contribution is 9.10. The van der Waals surface area contributed by atoms with Crippen LogP contribution in [-0.4, -0.2) is 6.04 Å². The molecule has 0 spiro atoms. The van der Waals surface area contributed by atoms with Gasteiger partial charge in [0.25, 0.3) is 0 Å². The minimum absolute atomic E-state index is 0.165. The van der Waals surface area contributed by atoms with Crippen LogP contribution >= 0.6 is 15.9 Å². The summed E-state index contributed by atoms with van der Waals surface area (Å²) in [5.41, 5.74) is 1.00. The van der Waals surface area contributed by atoms with Crippen molar-refractivity contribution in [2.24, 2.45) is 5.92 Å². The lowest BCUT2D eigenvalue weighted by atomic mass is 9.87. The molecule has 0 unspecified atom stereocenters. The third-order valence-electron chi connectivity index (χ3n) is 3.60. The predicted octanol–water partition coefficient (Wildman–Crippen LogP) is 4.26. The average molecular weight is 300 g/mol. The molecule has 0 radical (unpaired) electrons. The summed E-state index contributed by atoms with van der Waals surface area (Å²) in [6, 6.07) is 5.45. The number of nitrogens with one attached hydrogen (secondary N) is 1. The molecule has 1 aromatic rings. The lowest BCUT2D eigenvalue weighted by Gasteiger charge is -2.27. The Balaban J connectivity index is 1.87. The smallest absolute Gasteiger partial charge is 0.123 e.